The topological polar surface area (TPSA) is 29.5 Å². The van der Waals surface area contributed by atoms with E-state index in [9.17, 15) is 4.79 Å². The van der Waals surface area contributed by atoms with E-state index >= 15 is 0 Å². The Hall–Kier alpha value is -2.65. The van der Waals surface area contributed by atoms with Gasteiger partial charge in [-0.3, -0.25) is 4.79 Å². The van der Waals surface area contributed by atoms with E-state index in [0.717, 1.165) is 35.7 Å². The first-order chi connectivity index (χ1) is 12.6. The fourth-order valence-corrected chi connectivity index (χ4v) is 3.07. The third-order valence-electron chi connectivity index (χ3n) is 4.40. The van der Waals surface area contributed by atoms with Gasteiger partial charge >= 0.3 is 5.97 Å². The van der Waals surface area contributed by atoms with E-state index in [1.807, 2.05) is 56.6 Å². The lowest BCUT2D eigenvalue weighted by atomic mass is 9.99. The maximum absolute atomic E-state index is 12.4. The largest absolute Gasteiger partial charge is 0.426 e. The average Bonchev–Trinajstić information content (AvgIpc) is 2.64. The Balaban J connectivity index is 1.87. The summed E-state index contributed by atoms with van der Waals surface area (Å²) in [5.41, 5.74) is 2.24. The van der Waals surface area contributed by atoms with Crippen molar-refractivity contribution in [3.8, 4) is 5.75 Å². The van der Waals surface area contributed by atoms with Gasteiger partial charge in [-0.1, -0.05) is 66.7 Å². The van der Waals surface area contributed by atoms with Crippen LogP contribution in [0.3, 0.4) is 0 Å². The van der Waals surface area contributed by atoms with Gasteiger partial charge in [0.25, 0.3) is 0 Å². The van der Waals surface area contributed by atoms with Crippen molar-refractivity contribution in [2.75, 3.05) is 20.6 Å². The lowest BCUT2D eigenvalue weighted by Crippen LogP contribution is -2.16. The van der Waals surface area contributed by atoms with Crippen molar-refractivity contribution in [3.63, 3.8) is 0 Å². The molecule has 0 fully saturated rings. The van der Waals surface area contributed by atoms with E-state index in [-0.39, 0.29) is 5.97 Å². The molecule has 0 unspecified atom stereocenters. The summed E-state index contributed by atoms with van der Waals surface area (Å²) < 4.78 is 5.86. The van der Waals surface area contributed by atoms with Gasteiger partial charge in [0, 0.05) is 18.2 Å². The molecule has 0 spiro atoms. The zero-order valence-electron chi connectivity index (χ0n) is 15.4. The summed E-state index contributed by atoms with van der Waals surface area (Å²) in [4.78, 5) is 14.5. The number of rotatable bonds is 7. The van der Waals surface area contributed by atoms with Crippen LogP contribution in [0.25, 0.3) is 10.8 Å². The van der Waals surface area contributed by atoms with Crippen molar-refractivity contribution in [1.29, 1.82) is 0 Å². The predicted molar refractivity (Wildman–Crippen MR) is 107 cm³/mol. The van der Waals surface area contributed by atoms with Crippen molar-refractivity contribution in [2.24, 2.45) is 0 Å². The zero-order chi connectivity index (χ0) is 18.4. The highest BCUT2D eigenvalue weighted by Crippen LogP contribution is 2.32. The smallest absolute Gasteiger partial charge is 0.311 e. The van der Waals surface area contributed by atoms with Crippen molar-refractivity contribution in [3.05, 3.63) is 77.9 Å². The lowest BCUT2D eigenvalue weighted by Gasteiger charge is -2.14. The molecule has 0 heterocycles. The molecule has 0 aliphatic rings. The van der Waals surface area contributed by atoms with Gasteiger partial charge in [0.05, 0.1) is 0 Å². The summed E-state index contributed by atoms with van der Waals surface area (Å²) in [6.45, 7) is 0.876. The first-order valence-electron chi connectivity index (χ1n) is 9.03. The van der Waals surface area contributed by atoms with Crippen LogP contribution in [0, 0.1) is 0 Å². The number of hydrogen-bond donors (Lipinski definition) is 0. The van der Waals surface area contributed by atoms with Gasteiger partial charge in [0.1, 0.15) is 5.75 Å². The van der Waals surface area contributed by atoms with Crippen LogP contribution in [0.1, 0.15) is 24.0 Å². The normalized spacial score (nSPS) is 11.0. The summed E-state index contributed by atoms with van der Waals surface area (Å²) in [6.07, 6.45) is 1.96. The van der Waals surface area contributed by atoms with Crippen LogP contribution in [0.15, 0.2) is 66.7 Å². The molecule has 0 saturated carbocycles. The van der Waals surface area contributed by atoms with Gasteiger partial charge in [0.2, 0.25) is 0 Å². The van der Waals surface area contributed by atoms with E-state index < -0.39 is 0 Å². The van der Waals surface area contributed by atoms with Gasteiger partial charge in [-0.05, 0) is 43.6 Å². The number of hydrogen-bond acceptors (Lipinski definition) is 3. The van der Waals surface area contributed by atoms with Crippen LogP contribution in [-0.4, -0.2) is 31.5 Å². The molecular weight excluding hydrogens is 322 g/mol. The monoisotopic (exact) mass is 347 g/mol. The summed E-state index contributed by atoms with van der Waals surface area (Å²) in [6, 6.07) is 22.5. The molecule has 0 amide bonds. The standard InChI is InChI=1S/C23H25NO2/c1-24(2)16-8-13-22(25)26-23-20(17-18-9-4-3-5-10-18)15-14-19-11-6-7-12-21(19)23/h3-7,9-12,14-15H,8,13,16-17H2,1-2H3. The van der Waals surface area contributed by atoms with Crippen LogP contribution < -0.4 is 4.74 Å². The zero-order valence-corrected chi connectivity index (χ0v) is 15.4. The molecule has 3 nitrogen and oxygen atoms in total. The number of carbonyl (C=O) groups excluding carboxylic acids is 1. The summed E-state index contributed by atoms with van der Waals surface area (Å²) in [7, 11) is 4.02. The van der Waals surface area contributed by atoms with Crippen LogP contribution >= 0.6 is 0 Å². The molecule has 3 rings (SSSR count). The molecule has 0 saturated heterocycles. The second-order valence-corrected chi connectivity index (χ2v) is 6.82. The molecule has 0 atom stereocenters. The third-order valence-corrected chi connectivity index (χ3v) is 4.40. The maximum Gasteiger partial charge on any atom is 0.311 e. The Morgan fingerprint density at radius 2 is 1.65 bits per heavy atom. The number of carbonyl (C=O) groups is 1. The Kier molecular flexibility index (Phi) is 6.03. The summed E-state index contributed by atoms with van der Waals surface area (Å²) in [5.74, 6) is 0.527. The molecule has 134 valence electrons. The van der Waals surface area contributed by atoms with Gasteiger partial charge < -0.3 is 9.64 Å². The molecule has 26 heavy (non-hydrogen) atoms. The lowest BCUT2D eigenvalue weighted by molar-refractivity contribution is -0.134. The highest BCUT2D eigenvalue weighted by Gasteiger charge is 2.14. The molecule has 0 aliphatic carbocycles. The van der Waals surface area contributed by atoms with Crippen molar-refractivity contribution in [1.82, 2.24) is 4.90 Å². The fourth-order valence-electron chi connectivity index (χ4n) is 3.07. The fraction of sp³-hybridized carbons (Fsp3) is 0.261. The predicted octanol–water partition coefficient (Wildman–Crippen LogP) is 4.68. The summed E-state index contributed by atoms with van der Waals surface area (Å²) in [5, 5.41) is 2.07. The van der Waals surface area contributed by atoms with Crippen molar-refractivity contribution in [2.45, 2.75) is 19.3 Å². The molecule has 0 aliphatic heterocycles. The first kappa shape index (κ1) is 18.2. The Morgan fingerprint density at radius 1 is 0.923 bits per heavy atom. The number of nitrogens with zero attached hydrogens (tertiary/aromatic N) is 1. The van der Waals surface area contributed by atoms with E-state index in [0.29, 0.717) is 12.2 Å². The van der Waals surface area contributed by atoms with Gasteiger partial charge in [-0.15, -0.1) is 0 Å². The van der Waals surface area contributed by atoms with Gasteiger partial charge in [0.15, 0.2) is 0 Å². The minimum Gasteiger partial charge on any atom is -0.426 e. The van der Waals surface area contributed by atoms with Crippen LogP contribution in [0.5, 0.6) is 5.75 Å². The van der Waals surface area contributed by atoms with Crippen LogP contribution in [0.4, 0.5) is 0 Å². The second kappa shape index (κ2) is 8.63. The van der Waals surface area contributed by atoms with Crippen LogP contribution in [0.2, 0.25) is 0 Å². The molecule has 3 aromatic carbocycles. The minimum atomic E-state index is -0.169. The molecule has 0 radical (unpaired) electrons. The average molecular weight is 347 g/mol. The Bertz CT molecular complexity index is 872. The molecule has 3 heteroatoms. The SMILES string of the molecule is CN(C)CCCC(=O)Oc1c(Cc2ccccc2)ccc2ccccc12. The quantitative estimate of drug-likeness (QED) is 0.459. The maximum atomic E-state index is 12.4. The van der Waals surface area contributed by atoms with Gasteiger partial charge in [-0.25, -0.2) is 0 Å². The second-order valence-electron chi connectivity index (χ2n) is 6.82. The molecule has 3 aromatic rings. The summed E-state index contributed by atoms with van der Waals surface area (Å²) >= 11 is 0. The number of esters is 1. The van der Waals surface area contributed by atoms with Gasteiger partial charge in [-0.2, -0.15) is 0 Å². The number of fused-ring (bicyclic) bond motifs is 1. The van der Waals surface area contributed by atoms with Crippen molar-refractivity contribution >= 4 is 16.7 Å². The van der Waals surface area contributed by atoms with E-state index in [4.69, 9.17) is 4.74 Å². The molecular formula is C23H25NO2. The number of benzene rings is 3. The Morgan fingerprint density at radius 3 is 2.42 bits per heavy atom. The van der Waals surface area contributed by atoms with E-state index in [2.05, 4.69) is 29.2 Å². The Labute approximate surface area is 155 Å². The third kappa shape index (κ3) is 4.70. The highest BCUT2D eigenvalue weighted by molar-refractivity contribution is 5.91. The minimum absolute atomic E-state index is 0.169. The molecule has 0 aromatic heterocycles. The van der Waals surface area contributed by atoms with Crippen molar-refractivity contribution < 1.29 is 9.53 Å². The molecule has 0 N–H and O–H groups in total. The first-order valence-corrected chi connectivity index (χ1v) is 9.03. The highest BCUT2D eigenvalue weighted by atomic mass is 16.5. The number of ether oxygens (including phenoxy) is 1. The van der Waals surface area contributed by atoms with E-state index in [1.54, 1.807) is 0 Å². The van der Waals surface area contributed by atoms with Crippen LogP contribution in [-0.2, 0) is 11.2 Å². The van der Waals surface area contributed by atoms with E-state index in [1.165, 1.54) is 5.56 Å². The molecule has 0 bridgehead atoms.